The van der Waals surface area contributed by atoms with Gasteiger partial charge in [0.2, 0.25) is 0 Å². The van der Waals surface area contributed by atoms with Gasteiger partial charge < -0.3 is 10.5 Å². The fraction of sp³-hybridized carbons (Fsp3) is 0.455. The maximum Gasteiger partial charge on any atom is 0.416 e. The zero-order valence-corrected chi connectivity index (χ0v) is 8.92. The molecule has 0 aliphatic heterocycles. The Morgan fingerprint density at radius 3 is 2.44 bits per heavy atom. The van der Waals surface area contributed by atoms with Crippen molar-refractivity contribution >= 4 is 0 Å². The standard InChI is InChI=1S/C11H14F3NO/c1-16-7-8(6-15)9-4-2-3-5-10(9)11(12,13)14/h2-5,8H,6-7,15H2,1H3. The van der Waals surface area contributed by atoms with E-state index < -0.39 is 17.7 Å². The third-order valence-corrected chi connectivity index (χ3v) is 2.36. The summed E-state index contributed by atoms with van der Waals surface area (Å²) in [5.41, 5.74) is 5.01. The largest absolute Gasteiger partial charge is 0.416 e. The summed E-state index contributed by atoms with van der Waals surface area (Å²) in [6.07, 6.45) is -4.35. The Balaban J connectivity index is 3.11. The van der Waals surface area contributed by atoms with Gasteiger partial charge in [-0.3, -0.25) is 0 Å². The lowest BCUT2D eigenvalue weighted by Gasteiger charge is -2.19. The van der Waals surface area contributed by atoms with Gasteiger partial charge in [0.15, 0.2) is 0 Å². The van der Waals surface area contributed by atoms with Gasteiger partial charge in [-0.25, -0.2) is 0 Å². The molecule has 90 valence electrons. The van der Waals surface area contributed by atoms with Crippen LogP contribution in [0.25, 0.3) is 0 Å². The maximum absolute atomic E-state index is 12.7. The number of methoxy groups -OCH3 is 1. The monoisotopic (exact) mass is 233 g/mol. The molecular formula is C11H14F3NO. The molecule has 1 aromatic carbocycles. The Labute approximate surface area is 92.2 Å². The fourth-order valence-corrected chi connectivity index (χ4v) is 1.60. The molecule has 0 aliphatic carbocycles. The van der Waals surface area contributed by atoms with E-state index in [-0.39, 0.29) is 18.7 Å². The second kappa shape index (κ2) is 5.32. The summed E-state index contributed by atoms with van der Waals surface area (Å²) in [5, 5.41) is 0. The molecule has 0 amide bonds. The average Bonchev–Trinajstić information content (AvgIpc) is 2.25. The van der Waals surface area contributed by atoms with Crippen LogP contribution in [-0.2, 0) is 10.9 Å². The number of hydrogen-bond donors (Lipinski definition) is 1. The quantitative estimate of drug-likeness (QED) is 0.866. The first-order valence-electron chi connectivity index (χ1n) is 4.85. The van der Waals surface area contributed by atoms with Crippen molar-refractivity contribution in [2.24, 2.45) is 5.73 Å². The second-order valence-electron chi connectivity index (χ2n) is 3.47. The highest BCUT2D eigenvalue weighted by Crippen LogP contribution is 2.34. The molecule has 0 bridgehead atoms. The van der Waals surface area contributed by atoms with Crippen molar-refractivity contribution in [3.8, 4) is 0 Å². The summed E-state index contributed by atoms with van der Waals surface area (Å²) < 4.78 is 43.0. The van der Waals surface area contributed by atoms with Crippen LogP contribution in [0.15, 0.2) is 24.3 Å². The molecule has 0 aliphatic rings. The summed E-state index contributed by atoms with van der Waals surface area (Å²) in [6, 6.07) is 5.45. The molecule has 1 aromatic rings. The van der Waals surface area contributed by atoms with Crippen LogP contribution in [0, 0.1) is 0 Å². The minimum absolute atomic E-state index is 0.126. The molecule has 1 unspecified atom stereocenters. The fourth-order valence-electron chi connectivity index (χ4n) is 1.60. The van der Waals surface area contributed by atoms with Crippen LogP contribution in [0.3, 0.4) is 0 Å². The van der Waals surface area contributed by atoms with E-state index in [9.17, 15) is 13.2 Å². The van der Waals surface area contributed by atoms with Gasteiger partial charge in [-0.05, 0) is 11.6 Å². The number of alkyl halides is 3. The van der Waals surface area contributed by atoms with Gasteiger partial charge in [0, 0.05) is 19.6 Å². The van der Waals surface area contributed by atoms with Crippen LogP contribution in [0.2, 0.25) is 0 Å². The molecule has 0 radical (unpaired) electrons. The van der Waals surface area contributed by atoms with Crippen LogP contribution >= 0.6 is 0 Å². The van der Waals surface area contributed by atoms with Crippen LogP contribution in [0.4, 0.5) is 13.2 Å². The van der Waals surface area contributed by atoms with Crippen molar-refractivity contribution in [2.45, 2.75) is 12.1 Å². The van der Waals surface area contributed by atoms with Gasteiger partial charge in [0.25, 0.3) is 0 Å². The Morgan fingerprint density at radius 2 is 1.94 bits per heavy atom. The van der Waals surface area contributed by atoms with Gasteiger partial charge in [-0.15, -0.1) is 0 Å². The van der Waals surface area contributed by atoms with Gasteiger partial charge in [-0.1, -0.05) is 18.2 Å². The zero-order valence-electron chi connectivity index (χ0n) is 8.92. The number of rotatable bonds is 4. The van der Waals surface area contributed by atoms with Crippen LogP contribution < -0.4 is 5.73 Å². The average molecular weight is 233 g/mol. The molecule has 0 saturated carbocycles. The third-order valence-electron chi connectivity index (χ3n) is 2.36. The molecular weight excluding hydrogens is 219 g/mol. The van der Waals surface area contributed by atoms with E-state index in [1.54, 1.807) is 6.07 Å². The summed E-state index contributed by atoms with van der Waals surface area (Å²) in [5.74, 6) is -0.428. The summed E-state index contributed by atoms with van der Waals surface area (Å²) in [4.78, 5) is 0. The number of ether oxygens (including phenoxy) is 1. The lowest BCUT2D eigenvalue weighted by molar-refractivity contribution is -0.138. The predicted octanol–water partition coefficient (Wildman–Crippen LogP) is 2.39. The van der Waals surface area contributed by atoms with Crippen molar-refractivity contribution in [1.82, 2.24) is 0 Å². The number of hydrogen-bond acceptors (Lipinski definition) is 2. The summed E-state index contributed by atoms with van der Waals surface area (Å²) in [6.45, 7) is 0.310. The van der Waals surface area contributed by atoms with Crippen LogP contribution in [0.1, 0.15) is 17.0 Å². The van der Waals surface area contributed by atoms with Gasteiger partial charge in [0.05, 0.1) is 12.2 Å². The Kier molecular flexibility index (Phi) is 4.32. The summed E-state index contributed by atoms with van der Waals surface area (Å²) in [7, 11) is 1.44. The molecule has 1 atom stereocenters. The van der Waals surface area contributed by atoms with E-state index in [0.717, 1.165) is 6.07 Å². The highest BCUT2D eigenvalue weighted by Gasteiger charge is 2.34. The predicted molar refractivity (Wildman–Crippen MR) is 55.1 cm³/mol. The Morgan fingerprint density at radius 1 is 1.31 bits per heavy atom. The van der Waals surface area contributed by atoms with E-state index >= 15 is 0 Å². The molecule has 16 heavy (non-hydrogen) atoms. The third kappa shape index (κ3) is 2.96. The molecule has 2 nitrogen and oxygen atoms in total. The number of benzene rings is 1. The first kappa shape index (κ1) is 13.0. The molecule has 2 N–H and O–H groups in total. The topological polar surface area (TPSA) is 35.2 Å². The highest BCUT2D eigenvalue weighted by molar-refractivity contribution is 5.33. The van der Waals surface area contributed by atoms with Crippen LogP contribution in [-0.4, -0.2) is 20.3 Å². The van der Waals surface area contributed by atoms with Crippen molar-refractivity contribution < 1.29 is 17.9 Å². The van der Waals surface area contributed by atoms with Gasteiger partial charge in [0.1, 0.15) is 0 Å². The van der Waals surface area contributed by atoms with E-state index in [1.165, 1.54) is 19.2 Å². The first-order valence-corrected chi connectivity index (χ1v) is 4.85. The smallest absolute Gasteiger partial charge is 0.384 e. The lowest BCUT2D eigenvalue weighted by atomic mass is 9.94. The molecule has 0 heterocycles. The normalized spacial score (nSPS) is 13.8. The van der Waals surface area contributed by atoms with E-state index in [2.05, 4.69) is 0 Å². The lowest BCUT2D eigenvalue weighted by Crippen LogP contribution is -2.21. The van der Waals surface area contributed by atoms with Crippen LogP contribution in [0.5, 0.6) is 0 Å². The van der Waals surface area contributed by atoms with Crippen molar-refractivity contribution in [2.75, 3.05) is 20.3 Å². The van der Waals surface area contributed by atoms with Gasteiger partial charge >= 0.3 is 6.18 Å². The Bertz CT molecular complexity index is 338. The van der Waals surface area contributed by atoms with Crippen molar-refractivity contribution in [3.63, 3.8) is 0 Å². The molecule has 0 saturated heterocycles. The van der Waals surface area contributed by atoms with Crippen molar-refractivity contribution in [3.05, 3.63) is 35.4 Å². The number of nitrogens with two attached hydrogens (primary N) is 1. The first-order chi connectivity index (χ1) is 7.50. The molecule has 0 aromatic heterocycles. The molecule has 0 fully saturated rings. The molecule has 5 heteroatoms. The van der Waals surface area contributed by atoms with Gasteiger partial charge in [-0.2, -0.15) is 13.2 Å². The SMILES string of the molecule is COCC(CN)c1ccccc1C(F)(F)F. The van der Waals surface area contributed by atoms with Crippen molar-refractivity contribution in [1.29, 1.82) is 0 Å². The molecule has 1 rings (SSSR count). The highest BCUT2D eigenvalue weighted by atomic mass is 19.4. The molecule has 0 spiro atoms. The van der Waals surface area contributed by atoms with E-state index in [4.69, 9.17) is 10.5 Å². The summed E-state index contributed by atoms with van der Waals surface area (Å²) >= 11 is 0. The van der Waals surface area contributed by atoms with E-state index in [0.29, 0.717) is 0 Å². The Hall–Kier alpha value is -1.07. The van der Waals surface area contributed by atoms with E-state index in [1.807, 2.05) is 0 Å². The number of halogens is 3. The second-order valence-corrected chi connectivity index (χ2v) is 3.47. The zero-order chi connectivity index (χ0) is 12.2. The minimum atomic E-state index is -4.35. The minimum Gasteiger partial charge on any atom is -0.384 e. The maximum atomic E-state index is 12.7.